The highest BCUT2D eigenvalue weighted by Gasteiger charge is 2.13. The molecule has 0 saturated carbocycles. The first-order chi connectivity index (χ1) is 7.68. The molecular formula is C12H13NO3. The zero-order valence-electron chi connectivity index (χ0n) is 8.93. The van der Waals surface area contributed by atoms with Gasteiger partial charge in [-0.25, -0.2) is 0 Å². The summed E-state index contributed by atoms with van der Waals surface area (Å²) < 4.78 is 5.25. The van der Waals surface area contributed by atoms with Gasteiger partial charge in [0.25, 0.3) is 5.91 Å². The Balaban J connectivity index is 2.23. The molecule has 4 heteroatoms. The fourth-order valence-corrected chi connectivity index (χ4v) is 1.49. The van der Waals surface area contributed by atoms with Crippen molar-refractivity contribution >= 4 is 16.9 Å². The average Bonchev–Trinajstić information content (AvgIpc) is 2.69. The quantitative estimate of drug-likeness (QED) is 0.823. The summed E-state index contributed by atoms with van der Waals surface area (Å²) in [5.41, 5.74) is 1.18. The van der Waals surface area contributed by atoms with Crippen molar-refractivity contribution in [2.75, 3.05) is 6.54 Å². The molecule has 0 radical (unpaired) electrons. The van der Waals surface area contributed by atoms with Gasteiger partial charge in [0.05, 0.1) is 11.7 Å². The van der Waals surface area contributed by atoms with Gasteiger partial charge in [-0.1, -0.05) is 18.2 Å². The lowest BCUT2D eigenvalue weighted by atomic mass is 10.1. The van der Waals surface area contributed by atoms with Gasteiger partial charge in [-0.15, -0.1) is 0 Å². The van der Waals surface area contributed by atoms with E-state index in [9.17, 15) is 4.79 Å². The fourth-order valence-electron chi connectivity index (χ4n) is 1.49. The third kappa shape index (κ3) is 2.06. The van der Waals surface area contributed by atoms with Gasteiger partial charge >= 0.3 is 0 Å². The highest BCUT2D eigenvalue weighted by atomic mass is 16.3. The Morgan fingerprint density at radius 2 is 2.25 bits per heavy atom. The van der Waals surface area contributed by atoms with Crippen molar-refractivity contribution in [2.24, 2.45) is 0 Å². The number of para-hydroxylation sites is 1. The van der Waals surface area contributed by atoms with Crippen molar-refractivity contribution in [1.29, 1.82) is 0 Å². The van der Waals surface area contributed by atoms with E-state index in [0.29, 0.717) is 11.1 Å². The fraction of sp³-hybridized carbons (Fsp3) is 0.250. The Bertz CT molecular complexity index is 502. The molecule has 0 fully saturated rings. The predicted octanol–water partition coefficient (Wildman–Crippen LogP) is 1.54. The summed E-state index contributed by atoms with van der Waals surface area (Å²) in [6.45, 7) is 1.85. The molecule has 16 heavy (non-hydrogen) atoms. The SMILES string of the molecule is CC(O)CNC(=O)c1coc2ccccc12. The molecule has 2 rings (SSSR count). The van der Waals surface area contributed by atoms with Gasteiger partial charge in [0.2, 0.25) is 0 Å². The summed E-state index contributed by atoms with van der Waals surface area (Å²) in [5.74, 6) is -0.231. The van der Waals surface area contributed by atoms with E-state index >= 15 is 0 Å². The zero-order chi connectivity index (χ0) is 11.5. The third-order valence-electron chi connectivity index (χ3n) is 2.28. The van der Waals surface area contributed by atoms with Crippen molar-refractivity contribution < 1.29 is 14.3 Å². The van der Waals surface area contributed by atoms with Crippen LogP contribution < -0.4 is 5.32 Å². The lowest BCUT2D eigenvalue weighted by Crippen LogP contribution is -2.30. The van der Waals surface area contributed by atoms with Crippen molar-refractivity contribution in [2.45, 2.75) is 13.0 Å². The van der Waals surface area contributed by atoms with Crippen LogP contribution in [0.15, 0.2) is 34.9 Å². The van der Waals surface area contributed by atoms with Crippen LogP contribution in [0.5, 0.6) is 0 Å². The maximum absolute atomic E-state index is 11.7. The number of carbonyl (C=O) groups is 1. The largest absolute Gasteiger partial charge is 0.463 e. The standard InChI is InChI=1S/C12H13NO3/c1-8(14)6-13-12(15)10-7-16-11-5-3-2-4-9(10)11/h2-5,7-8,14H,6H2,1H3,(H,13,15). The van der Waals surface area contributed by atoms with E-state index in [-0.39, 0.29) is 12.5 Å². The molecule has 0 aliphatic heterocycles. The maximum atomic E-state index is 11.7. The molecular weight excluding hydrogens is 206 g/mol. The number of aliphatic hydroxyl groups is 1. The molecule has 4 nitrogen and oxygen atoms in total. The smallest absolute Gasteiger partial charge is 0.255 e. The first kappa shape index (κ1) is 10.7. The summed E-state index contributed by atoms with van der Waals surface area (Å²) in [6.07, 6.45) is 0.879. The number of fused-ring (bicyclic) bond motifs is 1. The first-order valence-corrected chi connectivity index (χ1v) is 5.11. The van der Waals surface area contributed by atoms with Crippen LogP contribution in [0.4, 0.5) is 0 Å². The Morgan fingerprint density at radius 3 is 3.00 bits per heavy atom. The van der Waals surface area contributed by atoms with E-state index < -0.39 is 6.10 Å². The monoisotopic (exact) mass is 219 g/mol. The van der Waals surface area contributed by atoms with Crippen LogP contribution in [0.25, 0.3) is 11.0 Å². The molecule has 2 N–H and O–H groups in total. The minimum Gasteiger partial charge on any atom is -0.463 e. The minimum absolute atomic E-state index is 0.231. The third-order valence-corrected chi connectivity index (χ3v) is 2.28. The second-order valence-electron chi connectivity index (χ2n) is 3.70. The average molecular weight is 219 g/mol. The van der Waals surface area contributed by atoms with Crippen LogP contribution in [-0.2, 0) is 0 Å². The Kier molecular flexibility index (Phi) is 2.92. The molecule has 0 spiro atoms. The number of rotatable bonds is 3. The number of hydrogen-bond donors (Lipinski definition) is 2. The number of amides is 1. The number of nitrogens with one attached hydrogen (secondary N) is 1. The van der Waals surface area contributed by atoms with Crippen LogP contribution in [0.3, 0.4) is 0 Å². The molecule has 1 heterocycles. The van der Waals surface area contributed by atoms with Gasteiger partial charge in [-0.3, -0.25) is 4.79 Å². The maximum Gasteiger partial charge on any atom is 0.255 e. The van der Waals surface area contributed by atoms with Crippen LogP contribution in [0.2, 0.25) is 0 Å². The highest BCUT2D eigenvalue weighted by Crippen LogP contribution is 2.20. The van der Waals surface area contributed by atoms with E-state index in [2.05, 4.69) is 5.32 Å². The summed E-state index contributed by atoms with van der Waals surface area (Å²) in [7, 11) is 0. The molecule has 0 saturated heterocycles. The van der Waals surface area contributed by atoms with Crippen molar-refractivity contribution in [3.63, 3.8) is 0 Å². The summed E-state index contributed by atoms with van der Waals surface area (Å²) >= 11 is 0. The number of carbonyl (C=O) groups excluding carboxylic acids is 1. The molecule has 0 bridgehead atoms. The second kappa shape index (κ2) is 4.37. The van der Waals surface area contributed by atoms with Gasteiger partial charge in [-0.05, 0) is 13.0 Å². The molecule has 1 amide bonds. The van der Waals surface area contributed by atoms with E-state index in [4.69, 9.17) is 9.52 Å². The molecule has 1 atom stereocenters. The Hall–Kier alpha value is -1.81. The van der Waals surface area contributed by atoms with Crippen molar-refractivity contribution in [1.82, 2.24) is 5.32 Å². The first-order valence-electron chi connectivity index (χ1n) is 5.11. The van der Waals surface area contributed by atoms with E-state index in [0.717, 1.165) is 5.39 Å². The number of furan rings is 1. The number of benzene rings is 1. The highest BCUT2D eigenvalue weighted by molar-refractivity contribution is 6.05. The van der Waals surface area contributed by atoms with Crippen LogP contribution in [0, 0.1) is 0 Å². The normalized spacial score (nSPS) is 12.6. The summed E-state index contributed by atoms with van der Waals surface area (Å²) in [5, 5.41) is 12.5. The second-order valence-corrected chi connectivity index (χ2v) is 3.70. The van der Waals surface area contributed by atoms with Gasteiger partial charge in [0, 0.05) is 11.9 Å². The summed E-state index contributed by atoms with van der Waals surface area (Å²) in [4.78, 5) is 11.7. The molecule has 84 valence electrons. The van der Waals surface area contributed by atoms with Crippen molar-refractivity contribution in [3.05, 3.63) is 36.1 Å². The molecule has 1 aromatic carbocycles. The van der Waals surface area contributed by atoms with Gasteiger partial charge in [0.15, 0.2) is 0 Å². The molecule has 1 aromatic heterocycles. The molecule has 1 unspecified atom stereocenters. The lowest BCUT2D eigenvalue weighted by Gasteiger charge is -2.05. The Labute approximate surface area is 92.9 Å². The molecule has 0 aliphatic carbocycles. The van der Waals surface area contributed by atoms with Crippen LogP contribution in [-0.4, -0.2) is 23.7 Å². The van der Waals surface area contributed by atoms with Crippen LogP contribution in [0.1, 0.15) is 17.3 Å². The lowest BCUT2D eigenvalue weighted by molar-refractivity contribution is 0.0925. The number of hydrogen-bond acceptors (Lipinski definition) is 3. The van der Waals surface area contributed by atoms with Gasteiger partial charge < -0.3 is 14.8 Å². The number of aliphatic hydroxyl groups excluding tert-OH is 1. The van der Waals surface area contributed by atoms with Gasteiger partial charge in [0.1, 0.15) is 11.8 Å². The van der Waals surface area contributed by atoms with Gasteiger partial charge in [-0.2, -0.15) is 0 Å². The van der Waals surface area contributed by atoms with E-state index in [1.54, 1.807) is 13.0 Å². The Morgan fingerprint density at radius 1 is 1.50 bits per heavy atom. The van der Waals surface area contributed by atoms with E-state index in [1.807, 2.05) is 18.2 Å². The van der Waals surface area contributed by atoms with Crippen LogP contribution >= 0.6 is 0 Å². The topological polar surface area (TPSA) is 62.5 Å². The minimum atomic E-state index is -0.554. The van der Waals surface area contributed by atoms with E-state index in [1.165, 1.54) is 6.26 Å². The molecule has 0 aliphatic rings. The zero-order valence-corrected chi connectivity index (χ0v) is 8.93. The van der Waals surface area contributed by atoms with Crippen molar-refractivity contribution in [3.8, 4) is 0 Å². The predicted molar refractivity (Wildman–Crippen MR) is 60.2 cm³/mol. The summed E-state index contributed by atoms with van der Waals surface area (Å²) in [6, 6.07) is 7.34. The molecule has 2 aromatic rings.